The standard InChI is InChI=1S/C18H19F3N4O2/c1-27-14-4-2-13(3-5-14)24-17(26)12-6-8-25(9-7-12)16-10-15(18(19,20)21)22-11-23-16/h2-5,10-12H,6-9H2,1H3,(H,24,26). The molecule has 1 aliphatic heterocycles. The SMILES string of the molecule is COc1ccc(NC(=O)C2CCN(c3cc(C(F)(F)F)ncn3)CC2)cc1. The summed E-state index contributed by atoms with van der Waals surface area (Å²) in [5.74, 6) is 0.626. The Kier molecular flexibility index (Phi) is 5.48. The average molecular weight is 380 g/mol. The summed E-state index contributed by atoms with van der Waals surface area (Å²) in [6.45, 7) is 0.907. The highest BCUT2D eigenvalue weighted by Gasteiger charge is 2.34. The number of amides is 1. The molecule has 0 aliphatic carbocycles. The molecule has 1 aromatic carbocycles. The molecule has 27 heavy (non-hydrogen) atoms. The number of nitrogens with one attached hydrogen (secondary N) is 1. The molecule has 0 unspecified atom stereocenters. The van der Waals surface area contributed by atoms with Gasteiger partial charge in [-0.3, -0.25) is 4.79 Å². The second-order valence-electron chi connectivity index (χ2n) is 6.24. The molecule has 1 N–H and O–H groups in total. The van der Waals surface area contributed by atoms with E-state index in [0.29, 0.717) is 37.4 Å². The number of carbonyl (C=O) groups is 1. The first-order valence-corrected chi connectivity index (χ1v) is 8.46. The van der Waals surface area contributed by atoms with E-state index in [1.54, 1.807) is 36.3 Å². The van der Waals surface area contributed by atoms with E-state index in [9.17, 15) is 18.0 Å². The van der Waals surface area contributed by atoms with Gasteiger partial charge in [0.2, 0.25) is 5.91 Å². The number of halogens is 3. The second-order valence-corrected chi connectivity index (χ2v) is 6.24. The van der Waals surface area contributed by atoms with Gasteiger partial charge in [0, 0.05) is 30.8 Å². The minimum Gasteiger partial charge on any atom is -0.497 e. The highest BCUT2D eigenvalue weighted by Crippen LogP contribution is 2.30. The Bertz CT molecular complexity index is 788. The molecule has 0 spiro atoms. The Labute approximate surface area is 154 Å². The molecule has 2 heterocycles. The van der Waals surface area contributed by atoms with Gasteiger partial charge < -0.3 is 15.0 Å². The maximum Gasteiger partial charge on any atom is 0.433 e. The van der Waals surface area contributed by atoms with Crippen LogP contribution in [0.4, 0.5) is 24.7 Å². The zero-order valence-corrected chi connectivity index (χ0v) is 14.7. The van der Waals surface area contributed by atoms with Gasteiger partial charge in [0.15, 0.2) is 0 Å². The van der Waals surface area contributed by atoms with E-state index in [0.717, 1.165) is 12.4 Å². The third-order valence-corrected chi connectivity index (χ3v) is 4.49. The number of methoxy groups -OCH3 is 1. The number of carbonyl (C=O) groups excluding carboxylic acids is 1. The minimum atomic E-state index is -4.51. The lowest BCUT2D eigenvalue weighted by Crippen LogP contribution is -2.38. The van der Waals surface area contributed by atoms with Crippen LogP contribution in [0.5, 0.6) is 5.75 Å². The Morgan fingerprint density at radius 1 is 1.19 bits per heavy atom. The van der Waals surface area contributed by atoms with Crippen molar-refractivity contribution in [3.8, 4) is 5.75 Å². The van der Waals surface area contributed by atoms with Gasteiger partial charge in [-0.15, -0.1) is 0 Å². The first-order chi connectivity index (χ1) is 12.9. The number of benzene rings is 1. The topological polar surface area (TPSA) is 67.3 Å². The van der Waals surface area contributed by atoms with E-state index in [4.69, 9.17) is 4.74 Å². The van der Waals surface area contributed by atoms with Gasteiger partial charge in [-0.1, -0.05) is 0 Å². The zero-order valence-electron chi connectivity index (χ0n) is 14.7. The largest absolute Gasteiger partial charge is 0.497 e. The van der Waals surface area contributed by atoms with E-state index in [1.807, 2.05) is 0 Å². The predicted molar refractivity (Wildman–Crippen MR) is 93.6 cm³/mol. The number of anilines is 2. The summed E-state index contributed by atoms with van der Waals surface area (Å²) in [7, 11) is 1.57. The first kappa shape index (κ1) is 18.9. The van der Waals surface area contributed by atoms with Crippen LogP contribution >= 0.6 is 0 Å². The fourth-order valence-corrected chi connectivity index (χ4v) is 2.96. The van der Waals surface area contributed by atoms with Crippen LogP contribution in [-0.2, 0) is 11.0 Å². The third-order valence-electron chi connectivity index (χ3n) is 4.49. The predicted octanol–water partition coefficient (Wildman–Crippen LogP) is 3.36. The maximum absolute atomic E-state index is 12.8. The Balaban J connectivity index is 1.57. The van der Waals surface area contributed by atoms with Crippen molar-refractivity contribution in [2.75, 3.05) is 30.4 Å². The smallest absolute Gasteiger partial charge is 0.433 e. The number of nitrogens with zero attached hydrogens (tertiary/aromatic N) is 3. The maximum atomic E-state index is 12.8. The minimum absolute atomic E-state index is 0.0986. The number of hydrogen-bond acceptors (Lipinski definition) is 5. The normalized spacial score (nSPS) is 15.5. The zero-order chi connectivity index (χ0) is 19.4. The van der Waals surface area contributed by atoms with Crippen LogP contribution in [0.25, 0.3) is 0 Å². The number of aromatic nitrogens is 2. The van der Waals surface area contributed by atoms with Crippen LogP contribution in [-0.4, -0.2) is 36.1 Å². The van der Waals surface area contributed by atoms with Gasteiger partial charge in [-0.2, -0.15) is 13.2 Å². The number of hydrogen-bond donors (Lipinski definition) is 1. The van der Waals surface area contributed by atoms with E-state index >= 15 is 0 Å². The molecule has 1 aliphatic rings. The molecule has 144 valence electrons. The van der Waals surface area contributed by atoms with Crippen molar-refractivity contribution in [3.05, 3.63) is 42.4 Å². The van der Waals surface area contributed by atoms with Gasteiger partial charge in [0.1, 0.15) is 23.6 Å². The van der Waals surface area contributed by atoms with Crippen molar-refractivity contribution in [3.63, 3.8) is 0 Å². The van der Waals surface area contributed by atoms with Gasteiger partial charge in [0.05, 0.1) is 7.11 Å². The molecule has 0 bridgehead atoms. The van der Waals surface area contributed by atoms with E-state index in [1.165, 1.54) is 0 Å². The van der Waals surface area contributed by atoms with Gasteiger partial charge in [-0.25, -0.2) is 9.97 Å². The third kappa shape index (κ3) is 4.66. The number of rotatable bonds is 4. The lowest BCUT2D eigenvalue weighted by Gasteiger charge is -2.32. The Hall–Kier alpha value is -2.84. The quantitative estimate of drug-likeness (QED) is 0.881. The lowest BCUT2D eigenvalue weighted by atomic mass is 9.95. The molecule has 1 amide bonds. The van der Waals surface area contributed by atoms with Crippen molar-refractivity contribution in [2.45, 2.75) is 19.0 Å². The van der Waals surface area contributed by atoms with E-state index < -0.39 is 11.9 Å². The van der Waals surface area contributed by atoms with Crippen molar-refractivity contribution < 1.29 is 22.7 Å². The Morgan fingerprint density at radius 2 is 1.85 bits per heavy atom. The van der Waals surface area contributed by atoms with Crippen molar-refractivity contribution in [1.29, 1.82) is 0 Å². The van der Waals surface area contributed by atoms with Crippen LogP contribution in [0.2, 0.25) is 0 Å². The van der Waals surface area contributed by atoms with Crippen LogP contribution in [0, 0.1) is 5.92 Å². The van der Waals surface area contributed by atoms with Crippen LogP contribution in [0.1, 0.15) is 18.5 Å². The van der Waals surface area contributed by atoms with Gasteiger partial charge in [0.25, 0.3) is 0 Å². The van der Waals surface area contributed by atoms with Crippen molar-refractivity contribution >= 4 is 17.4 Å². The van der Waals surface area contributed by atoms with Crippen molar-refractivity contribution in [1.82, 2.24) is 9.97 Å². The Morgan fingerprint density at radius 3 is 2.44 bits per heavy atom. The molecule has 1 aromatic heterocycles. The lowest BCUT2D eigenvalue weighted by molar-refractivity contribution is -0.141. The summed E-state index contributed by atoms with van der Waals surface area (Å²) < 4.78 is 43.4. The summed E-state index contributed by atoms with van der Waals surface area (Å²) in [6, 6.07) is 7.96. The highest BCUT2D eigenvalue weighted by atomic mass is 19.4. The van der Waals surface area contributed by atoms with E-state index in [2.05, 4.69) is 15.3 Å². The highest BCUT2D eigenvalue weighted by molar-refractivity contribution is 5.92. The summed E-state index contributed by atoms with van der Waals surface area (Å²) in [4.78, 5) is 21.4. The molecule has 0 atom stereocenters. The van der Waals surface area contributed by atoms with Crippen LogP contribution in [0.15, 0.2) is 36.7 Å². The fourth-order valence-electron chi connectivity index (χ4n) is 2.96. The molecule has 6 nitrogen and oxygen atoms in total. The molecule has 9 heteroatoms. The molecule has 2 aromatic rings. The summed E-state index contributed by atoms with van der Waals surface area (Å²) in [6.07, 6.45) is -2.52. The number of alkyl halides is 3. The molecule has 0 saturated carbocycles. The molecule has 1 saturated heterocycles. The summed E-state index contributed by atoms with van der Waals surface area (Å²) >= 11 is 0. The summed E-state index contributed by atoms with van der Waals surface area (Å²) in [5.41, 5.74) is -0.291. The van der Waals surface area contributed by atoms with Crippen LogP contribution in [0.3, 0.4) is 0 Å². The molecule has 0 radical (unpaired) electrons. The molecular formula is C18H19F3N4O2. The monoisotopic (exact) mass is 380 g/mol. The average Bonchev–Trinajstić information content (AvgIpc) is 2.68. The van der Waals surface area contributed by atoms with Crippen LogP contribution < -0.4 is 15.0 Å². The molecular weight excluding hydrogens is 361 g/mol. The van der Waals surface area contributed by atoms with Gasteiger partial charge >= 0.3 is 6.18 Å². The van der Waals surface area contributed by atoms with Crippen molar-refractivity contribution in [2.24, 2.45) is 5.92 Å². The molecule has 1 fully saturated rings. The van der Waals surface area contributed by atoms with Gasteiger partial charge in [-0.05, 0) is 37.1 Å². The second kappa shape index (κ2) is 7.81. The number of piperidine rings is 1. The molecule has 3 rings (SSSR count). The number of ether oxygens (including phenoxy) is 1. The first-order valence-electron chi connectivity index (χ1n) is 8.46. The summed E-state index contributed by atoms with van der Waals surface area (Å²) in [5, 5.41) is 2.86. The van der Waals surface area contributed by atoms with E-state index in [-0.39, 0.29) is 17.6 Å². The fraction of sp³-hybridized carbons (Fsp3) is 0.389.